The third-order valence-electron chi connectivity index (χ3n) is 2.88. The molecule has 19 heavy (non-hydrogen) atoms. The summed E-state index contributed by atoms with van der Waals surface area (Å²) < 4.78 is 5.31. The summed E-state index contributed by atoms with van der Waals surface area (Å²) in [6.45, 7) is 5.50. The zero-order valence-corrected chi connectivity index (χ0v) is 11.2. The highest BCUT2D eigenvalue weighted by atomic mass is 16.6. The van der Waals surface area contributed by atoms with Gasteiger partial charge in [-0.3, -0.25) is 4.90 Å². The molecule has 1 aromatic rings. The Morgan fingerprint density at radius 1 is 1.32 bits per heavy atom. The molecule has 0 spiro atoms. The molecule has 0 saturated carbocycles. The van der Waals surface area contributed by atoms with Crippen LogP contribution in [0, 0.1) is 0 Å². The van der Waals surface area contributed by atoms with E-state index < -0.39 is 23.7 Å². The summed E-state index contributed by atoms with van der Waals surface area (Å²) in [4.78, 5) is 24.6. The first-order chi connectivity index (χ1) is 8.79. The van der Waals surface area contributed by atoms with Gasteiger partial charge >= 0.3 is 12.1 Å². The Morgan fingerprint density at radius 2 is 1.95 bits per heavy atom. The summed E-state index contributed by atoms with van der Waals surface area (Å²) in [5.74, 6) is -0.528. The second-order valence-corrected chi connectivity index (χ2v) is 5.55. The fraction of sp³-hybridized carbons (Fsp3) is 0.429. The molecule has 1 amide bonds. The van der Waals surface area contributed by atoms with Crippen LogP contribution in [0.1, 0.15) is 37.9 Å². The first-order valence-electron chi connectivity index (χ1n) is 6.10. The molecular formula is C14H17NO4. The predicted octanol–water partition coefficient (Wildman–Crippen LogP) is 2.56. The number of amides is 1. The summed E-state index contributed by atoms with van der Waals surface area (Å²) >= 11 is 0. The Balaban J connectivity index is 2.34. The average molecular weight is 263 g/mol. The van der Waals surface area contributed by atoms with E-state index in [1.165, 1.54) is 0 Å². The van der Waals surface area contributed by atoms with Crippen LogP contribution in [-0.2, 0) is 16.1 Å². The molecule has 1 aromatic carbocycles. The molecule has 1 heterocycles. The van der Waals surface area contributed by atoms with Crippen molar-refractivity contribution in [2.75, 3.05) is 0 Å². The Morgan fingerprint density at radius 3 is 2.53 bits per heavy atom. The lowest BCUT2D eigenvalue weighted by atomic mass is 10.0. The summed E-state index contributed by atoms with van der Waals surface area (Å²) in [7, 11) is 0. The van der Waals surface area contributed by atoms with Crippen LogP contribution in [0.3, 0.4) is 0 Å². The van der Waals surface area contributed by atoms with E-state index in [1.807, 2.05) is 12.1 Å². The highest BCUT2D eigenvalue weighted by Crippen LogP contribution is 2.35. The van der Waals surface area contributed by atoms with Gasteiger partial charge in [0, 0.05) is 0 Å². The van der Waals surface area contributed by atoms with Crippen LogP contribution in [0.2, 0.25) is 0 Å². The molecular weight excluding hydrogens is 246 g/mol. The molecule has 0 aromatic heterocycles. The predicted molar refractivity (Wildman–Crippen MR) is 68.6 cm³/mol. The molecule has 1 aliphatic rings. The number of hydrogen-bond donors (Lipinski definition) is 1. The highest BCUT2D eigenvalue weighted by Gasteiger charge is 2.40. The lowest BCUT2D eigenvalue weighted by Gasteiger charge is -2.26. The summed E-state index contributed by atoms with van der Waals surface area (Å²) in [5.41, 5.74) is 0.915. The van der Waals surface area contributed by atoms with Gasteiger partial charge in [-0.1, -0.05) is 24.3 Å². The largest absolute Gasteiger partial charge is 0.465 e. The molecule has 1 aliphatic heterocycles. The third kappa shape index (κ3) is 2.70. The maximum Gasteiger partial charge on any atom is 0.408 e. The van der Waals surface area contributed by atoms with Gasteiger partial charge in [-0.25, -0.2) is 9.59 Å². The van der Waals surface area contributed by atoms with Crippen LogP contribution in [0.15, 0.2) is 24.3 Å². The number of fused-ring (bicyclic) bond motifs is 1. The van der Waals surface area contributed by atoms with Crippen LogP contribution in [-0.4, -0.2) is 27.7 Å². The van der Waals surface area contributed by atoms with Crippen molar-refractivity contribution in [1.82, 2.24) is 4.90 Å². The molecule has 0 saturated heterocycles. The lowest BCUT2D eigenvalue weighted by Crippen LogP contribution is -2.37. The number of rotatable bonds is 1. The molecule has 5 heteroatoms. The van der Waals surface area contributed by atoms with E-state index in [1.54, 1.807) is 32.9 Å². The number of carbonyl (C=O) groups excluding carboxylic acids is 1. The van der Waals surface area contributed by atoms with E-state index in [-0.39, 0.29) is 6.54 Å². The minimum Gasteiger partial charge on any atom is -0.465 e. The maximum absolute atomic E-state index is 12.2. The topological polar surface area (TPSA) is 66.8 Å². The minimum absolute atomic E-state index is 0.218. The first kappa shape index (κ1) is 13.4. The first-order valence-corrected chi connectivity index (χ1v) is 6.10. The Kier molecular flexibility index (Phi) is 3.22. The van der Waals surface area contributed by atoms with Crippen molar-refractivity contribution in [3.63, 3.8) is 0 Å². The Hall–Kier alpha value is -2.04. The fourth-order valence-corrected chi connectivity index (χ4v) is 2.18. The van der Waals surface area contributed by atoms with Crippen LogP contribution in [0.5, 0.6) is 0 Å². The van der Waals surface area contributed by atoms with Crippen molar-refractivity contribution in [2.45, 2.75) is 39.0 Å². The Bertz CT molecular complexity index is 518. The zero-order chi connectivity index (χ0) is 14.2. The molecule has 1 N–H and O–H groups in total. The summed E-state index contributed by atoms with van der Waals surface area (Å²) in [5, 5.41) is 9.22. The molecule has 1 atom stereocenters. The normalized spacial score (nSPS) is 18.1. The maximum atomic E-state index is 12.2. The second-order valence-electron chi connectivity index (χ2n) is 5.55. The van der Waals surface area contributed by atoms with Gasteiger partial charge in [0.25, 0.3) is 0 Å². The highest BCUT2D eigenvalue weighted by molar-refractivity contribution is 5.84. The number of ether oxygens (including phenoxy) is 1. The van der Waals surface area contributed by atoms with E-state index in [9.17, 15) is 14.7 Å². The molecule has 102 valence electrons. The van der Waals surface area contributed by atoms with Crippen molar-refractivity contribution in [3.8, 4) is 0 Å². The number of benzene rings is 1. The molecule has 0 radical (unpaired) electrons. The van der Waals surface area contributed by atoms with E-state index in [0.29, 0.717) is 5.56 Å². The van der Waals surface area contributed by atoms with Gasteiger partial charge in [0.2, 0.25) is 0 Å². The van der Waals surface area contributed by atoms with Crippen molar-refractivity contribution in [3.05, 3.63) is 35.4 Å². The Labute approximate surface area is 111 Å². The number of nitrogens with zero attached hydrogens (tertiary/aromatic N) is 1. The van der Waals surface area contributed by atoms with Crippen LogP contribution in [0.4, 0.5) is 4.79 Å². The molecule has 0 bridgehead atoms. The van der Waals surface area contributed by atoms with Gasteiger partial charge in [-0.15, -0.1) is 0 Å². The van der Waals surface area contributed by atoms with E-state index >= 15 is 0 Å². The van der Waals surface area contributed by atoms with E-state index in [4.69, 9.17) is 4.74 Å². The number of hydrogen-bond acceptors (Lipinski definition) is 3. The van der Waals surface area contributed by atoms with Crippen molar-refractivity contribution < 1.29 is 19.4 Å². The average Bonchev–Trinajstić information content (AvgIpc) is 2.65. The lowest BCUT2D eigenvalue weighted by molar-refractivity contribution is -0.160. The quantitative estimate of drug-likeness (QED) is 0.791. The molecule has 0 aliphatic carbocycles. The summed E-state index contributed by atoms with van der Waals surface area (Å²) in [6.07, 6.45) is -1.12. The number of carbonyl (C=O) groups is 2. The van der Waals surface area contributed by atoms with Gasteiger partial charge in [0.05, 0.1) is 6.54 Å². The standard InChI is InChI=1S/C14H17NO4/c1-14(2,3)19-12(16)11-10-7-5-4-6-9(10)8-15(11)13(17)18/h4-7,11H,8H2,1-3H3,(H,17,18)/t11-/m1/s1. The van der Waals surface area contributed by atoms with Crippen molar-refractivity contribution in [1.29, 1.82) is 0 Å². The molecule has 5 nitrogen and oxygen atoms in total. The molecule has 0 unspecified atom stereocenters. The van der Waals surface area contributed by atoms with Gasteiger partial charge in [-0.05, 0) is 31.9 Å². The monoisotopic (exact) mass is 263 g/mol. The van der Waals surface area contributed by atoms with Crippen LogP contribution < -0.4 is 0 Å². The van der Waals surface area contributed by atoms with Gasteiger partial charge in [0.15, 0.2) is 6.04 Å². The minimum atomic E-state index is -1.12. The fourth-order valence-electron chi connectivity index (χ4n) is 2.18. The van der Waals surface area contributed by atoms with Crippen LogP contribution in [0.25, 0.3) is 0 Å². The third-order valence-corrected chi connectivity index (χ3v) is 2.88. The van der Waals surface area contributed by atoms with Crippen molar-refractivity contribution >= 4 is 12.1 Å². The van der Waals surface area contributed by atoms with E-state index in [0.717, 1.165) is 10.5 Å². The van der Waals surface area contributed by atoms with E-state index in [2.05, 4.69) is 0 Å². The SMILES string of the molecule is CC(C)(C)OC(=O)[C@H]1c2ccccc2CN1C(=O)O. The molecule has 2 rings (SSSR count). The van der Waals surface area contributed by atoms with Gasteiger partial charge < -0.3 is 9.84 Å². The second kappa shape index (κ2) is 4.57. The van der Waals surface area contributed by atoms with Crippen molar-refractivity contribution in [2.24, 2.45) is 0 Å². The molecule has 0 fully saturated rings. The summed E-state index contributed by atoms with van der Waals surface area (Å²) in [6, 6.07) is 6.35. The van der Waals surface area contributed by atoms with Gasteiger partial charge in [0.1, 0.15) is 5.60 Å². The smallest absolute Gasteiger partial charge is 0.408 e. The van der Waals surface area contributed by atoms with Crippen LogP contribution >= 0.6 is 0 Å². The number of esters is 1. The zero-order valence-electron chi connectivity index (χ0n) is 11.2. The van der Waals surface area contributed by atoms with Gasteiger partial charge in [-0.2, -0.15) is 0 Å². The number of carboxylic acid groups (broad SMARTS) is 1.